The molecule has 1 N–H and O–H groups in total. The van der Waals surface area contributed by atoms with E-state index in [4.69, 9.17) is 4.74 Å². The van der Waals surface area contributed by atoms with E-state index in [1.54, 1.807) is 33.7 Å². The highest BCUT2D eigenvalue weighted by Gasteiger charge is 2.19. The zero-order valence-electron chi connectivity index (χ0n) is 16.8. The Bertz CT molecular complexity index is 1140. The maximum Gasteiger partial charge on any atom is 0.329 e. The topological polar surface area (TPSA) is 85.6 Å². The summed E-state index contributed by atoms with van der Waals surface area (Å²) in [5, 5.41) is 2.80. The lowest BCUT2D eigenvalue weighted by Crippen LogP contribution is -2.40. The van der Waals surface area contributed by atoms with Crippen molar-refractivity contribution < 1.29 is 14.3 Å². The summed E-state index contributed by atoms with van der Waals surface area (Å²) < 4.78 is 8.40. The van der Waals surface area contributed by atoms with Crippen LogP contribution in [0.1, 0.15) is 17.3 Å². The van der Waals surface area contributed by atoms with Gasteiger partial charge in [-0.1, -0.05) is 18.2 Å². The number of anilines is 1. The van der Waals surface area contributed by atoms with Crippen molar-refractivity contribution in [3.8, 4) is 0 Å². The smallest absolute Gasteiger partial charge is 0.329 e. The van der Waals surface area contributed by atoms with Gasteiger partial charge in [0.1, 0.15) is 6.54 Å². The second-order valence-electron chi connectivity index (χ2n) is 7.14. The maximum absolute atomic E-state index is 12.7. The summed E-state index contributed by atoms with van der Waals surface area (Å²) in [6, 6.07) is 14.3. The number of rotatable bonds is 5. The Balaban J connectivity index is 1.51. The molecular formula is C22H24N4O4. The van der Waals surface area contributed by atoms with Gasteiger partial charge in [0.15, 0.2) is 0 Å². The van der Waals surface area contributed by atoms with Gasteiger partial charge in [-0.3, -0.25) is 18.7 Å². The molecule has 2 amide bonds. The number of imidazole rings is 1. The number of amides is 2. The van der Waals surface area contributed by atoms with Crippen molar-refractivity contribution in [2.24, 2.45) is 0 Å². The van der Waals surface area contributed by atoms with E-state index < -0.39 is 0 Å². The van der Waals surface area contributed by atoms with E-state index >= 15 is 0 Å². The molecule has 1 saturated heterocycles. The zero-order valence-corrected chi connectivity index (χ0v) is 16.8. The molecule has 0 radical (unpaired) electrons. The highest BCUT2D eigenvalue weighted by molar-refractivity contribution is 5.97. The maximum atomic E-state index is 12.7. The number of benzene rings is 2. The number of hydrogen-bond acceptors (Lipinski definition) is 4. The first-order chi connectivity index (χ1) is 14.6. The molecule has 4 rings (SSSR count). The fourth-order valence-electron chi connectivity index (χ4n) is 3.75. The first kappa shape index (κ1) is 19.9. The van der Waals surface area contributed by atoms with E-state index in [0.717, 1.165) is 11.0 Å². The molecule has 0 saturated carbocycles. The number of para-hydroxylation sites is 2. The highest BCUT2D eigenvalue weighted by Crippen LogP contribution is 2.15. The lowest BCUT2D eigenvalue weighted by Gasteiger charge is -2.27. The Morgan fingerprint density at radius 3 is 2.40 bits per heavy atom. The lowest BCUT2D eigenvalue weighted by molar-refractivity contribution is -0.116. The molecule has 156 valence electrons. The fraction of sp³-hybridized carbons (Fsp3) is 0.318. The minimum atomic E-state index is -0.327. The van der Waals surface area contributed by atoms with E-state index in [0.29, 0.717) is 44.1 Å². The Morgan fingerprint density at radius 1 is 1.00 bits per heavy atom. The van der Waals surface area contributed by atoms with E-state index in [1.807, 2.05) is 31.2 Å². The Morgan fingerprint density at radius 2 is 1.70 bits per heavy atom. The molecule has 1 aliphatic rings. The molecule has 8 nitrogen and oxygen atoms in total. The summed E-state index contributed by atoms with van der Waals surface area (Å²) in [7, 11) is 0. The van der Waals surface area contributed by atoms with Crippen LogP contribution in [0.15, 0.2) is 53.3 Å². The molecule has 1 aromatic heterocycles. The number of carbonyl (C=O) groups excluding carboxylic acids is 2. The monoisotopic (exact) mass is 408 g/mol. The molecule has 0 unspecified atom stereocenters. The van der Waals surface area contributed by atoms with Crippen LogP contribution in [0.2, 0.25) is 0 Å². The van der Waals surface area contributed by atoms with Gasteiger partial charge in [-0.15, -0.1) is 0 Å². The number of carbonyl (C=O) groups is 2. The van der Waals surface area contributed by atoms with Gasteiger partial charge in [-0.25, -0.2) is 4.79 Å². The Hall–Kier alpha value is -3.39. The Labute approximate surface area is 173 Å². The molecule has 0 bridgehead atoms. The summed E-state index contributed by atoms with van der Waals surface area (Å²) in [5.74, 6) is -0.413. The van der Waals surface area contributed by atoms with Gasteiger partial charge >= 0.3 is 5.69 Å². The molecule has 0 spiro atoms. The Kier molecular flexibility index (Phi) is 5.67. The predicted molar refractivity (Wildman–Crippen MR) is 114 cm³/mol. The molecule has 3 aromatic rings. The van der Waals surface area contributed by atoms with Crippen molar-refractivity contribution in [2.45, 2.75) is 20.0 Å². The van der Waals surface area contributed by atoms with Crippen LogP contribution in [0.3, 0.4) is 0 Å². The number of hydrogen-bond donors (Lipinski definition) is 1. The molecule has 1 fully saturated rings. The van der Waals surface area contributed by atoms with Gasteiger partial charge in [-0.05, 0) is 37.3 Å². The quantitative estimate of drug-likeness (QED) is 0.699. The molecule has 1 aliphatic heterocycles. The van der Waals surface area contributed by atoms with Gasteiger partial charge in [0.25, 0.3) is 5.91 Å². The van der Waals surface area contributed by atoms with E-state index in [-0.39, 0.29) is 24.0 Å². The molecule has 8 heteroatoms. The van der Waals surface area contributed by atoms with E-state index in [1.165, 1.54) is 4.57 Å². The standard InChI is InChI=1S/C22H24N4O4/c1-2-25-18-8-3-4-9-19(18)26(22(25)29)15-20(27)23-17-7-5-6-16(14-17)21(28)24-10-12-30-13-11-24/h3-9,14H,2,10-13,15H2,1H3,(H,23,27). The van der Waals surface area contributed by atoms with Crippen molar-refractivity contribution in [1.29, 1.82) is 0 Å². The number of nitrogens with zero attached hydrogens (tertiary/aromatic N) is 3. The van der Waals surface area contributed by atoms with Crippen molar-refractivity contribution in [2.75, 3.05) is 31.6 Å². The fourth-order valence-corrected chi connectivity index (χ4v) is 3.75. The van der Waals surface area contributed by atoms with Crippen LogP contribution in [0.4, 0.5) is 5.69 Å². The van der Waals surface area contributed by atoms with Crippen LogP contribution in [-0.4, -0.2) is 52.2 Å². The third kappa shape index (κ3) is 3.86. The molecule has 0 atom stereocenters. The second kappa shape index (κ2) is 8.54. The van der Waals surface area contributed by atoms with Crippen LogP contribution >= 0.6 is 0 Å². The van der Waals surface area contributed by atoms with Crippen LogP contribution < -0.4 is 11.0 Å². The van der Waals surface area contributed by atoms with Gasteiger partial charge in [-0.2, -0.15) is 0 Å². The largest absolute Gasteiger partial charge is 0.378 e. The van der Waals surface area contributed by atoms with Crippen LogP contribution in [0.25, 0.3) is 11.0 Å². The molecular weight excluding hydrogens is 384 g/mol. The average molecular weight is 408 g/mol. The minimum absolute atomic E-state index is 0.0864. The summed E-state index contributed by atoms with van der Waals surface area (Å²) in [6.07, 6.45) is 0. The third-order valence-electron chi connectivity index (χ3n) is 5.23. The van der Waals surface area contributed by atoms with Crippen molar-refractivity contribution >= 4 is 28.5 Å². The summed E-state index contributed by atoms with van der Waals surface area (Å²) in [5.41, 5.74) is 2.33. The van der Waals surface area contributed by atoms with Gasteiger partial charge in [0.05, 0.1) is 24.2 Å². The summed E-state index contributed by atoms with van der Waals surface area (Å²) >= 11 is 0. The first-order valence-electron chi connectivity index (χ1n) is 10.0. The summed E-state index contributed by atoms with van der Waals surface area (Å²) in [4.78, 5) is 39.8. The third-order valence-corrected chi connectivity index (χ3v) is 5.23. The molecule has 30 heavy (non-hydrogen) atoms. The number of fused-ring (bicyclic) bond motifs is 1. The van der Waals surface area contributed by atoms with Crippen molar-refractivity contribution in [3.63, 3.8) is 0 Å². The van der Waals surface area contributed by atoms with Crippen LogP contribution in [0, 0.1) is 0 Å². The van der Waals surface area contributed by atoms with Crippen LogP contribution in [-0.2, 0) is 22.6 Å². The van der Waals surface area contributed by atoms with E-state index in [9.17, 15) is 14.4 Å². The molecule has 2 heterocycles. The second-order valence-corrected chi connectivity index (χ2v) is 7.14. The molecule has 0 aliphatic carbocycles. The van der Waals surface area contributed by atoms with Crippen molar-refractivity contribution in [3.05, 3.63) is 64.6 Å². The van der Waals surface area contributed by atoms with E-state index in [2.05, 4.69) is 5.32 Å². The summed E-state index contributed by atoms with van der Waals surface area (Å²) in [6.45, 7) is 4.49. The normalized spacial score (nSPS) is 14.1. The van der Waals surface area contributed by atoms with Gasteiger partial charge < -0.3 is 15.0 Å². The minimum Gasteiger partial charge on any atom is -0.378 e. The lowest BCUT2D eigenvalue weighted by atomic mass is 10.1. The average Bonchev–Trinajstić information content (AvgIpc) is 3.04. The molecule has 2 aromatic carbocycles. The van der Waals surface area contributed by atoms with Crippen LogP contribution in [0.5, 0.6) is 0 Å². The SMILES string of the molecule is CCn1c(=O)n(CC(=O)Nc2cccc(C(=O)N3CCOCC3)c2)c2ccccc21. The zero-order chi connectivity index (χ0) is 21.1. The van der Waals surface area contributed by atoms with Gasteiger partial charge in [0.2, 0.25) is 5.91 Å². The van der Waals surface area contributed by atoms with Crippen molar-refractivity contribution in [1.82, 2.24) is 14.0 Å². The number of morpholine rings is 1. The first-order valence-corrected chi connectivity index (χ1v) is 10.0. The number of ether oxygens (including phenoxy) is 1. The number of aromatic nitrogens is 2. The predicted octanol–water partition coefficient (Wildman–Crippen LogP) is 1.93. The number of aryl methyl sites for hydroxylation is 1. The highest BCUT2D eigenvalue weighted by atomic mass is 16.5. The number of nitrogens with one attached hydrogen (secondary N) is 1. The van der Waals surface area contributed by atoms with Gasteiger partial charge in [0, 0.05) is 30.9 Å².